The van der Waals surface area contributed by atoms with E-state index in [4.69, 9.17) is 14.2 Å². The molecule has 0 aliphatic carbocycles. The molecule has 1 aliphatic rings. The van der Waals surface area contributed by atoms with Crippen molar-refractivity contribution in [2.75, 3.05) is 18.8 Å². The van der Waals surface area contributed by atoms with Gasteiger partial charge in [0.15, 0.2) is 16.6 Å². The maximum absolute atomic E-state index is 13.3. The molecule has 32 heavy (non-hydrogen) atoms. The third kappa shape index (κ3) is 4.13. The average molecular weight is 446 g/mol. The van der Waals surface area contributed by atoms with Crippen LogP contribution in [-0.4, -0.2) is 29.8 Å². The number of pyridine rings is 1. The minimum Gasteiger partial charge on any atom is -0.497 e. The third-order valence-electron chi connectivity index (χ3n) is 4.94. The molecule has 1 amide bonds. The largest absolute Gasteiger partial charge is 0.497 e. The molecule has 8 heteroatoms. The number of hydrogen-bond acceptors (Lipinski definition) is 7. The molecule has 0 radical (unpaired) electrons. The average Bonchev–Trinajstić information content (AvgIpc) is 3.47. The molecule has 4 aromatic rings. The molecule has 1 aliphatic heterocycles. The van der Waals surface area contributed by atoms with Crippen LogP contribution >= 0.6 is 11.3 Å². The number of anilines is 1. The number of carbonyl (C=O) groups is 1. The van der Waals surface area contributed by atoms with Gasteiger partial charge in [-0.15, -0.1) is 0 Å². The molecule has 0 fully saturated rings. The van der Waals surface area contributed by atoms with E-state index in [0.717, 1.165) is 27.2 Å². The Labute approximate surface area is 188 Å². The van der Waals surface area contributed by atoms with Gasteiger partial charge in [0.2, 0.25) is 6.79 Å². The minimum absolute atomic E-state index is 0.195. The Balaban J connectivity index is 1.46. The summed E-state index contributed by atoms with van der Waals surface area (Å²) in [5.41, 5.74) is 2.42. The Morgan fingerprint density at radius 1 is 1.16 bits per heavy atom. The number of amides is 1. The summed E-state index contributed by atoms with van der Waals surface area (Å²) in [6.45, 7) is 0.518. The molecule has 160 valence electrons. The second-order valence-electron chi connectivity index (χ2n) is 7.02. The van der Waals surface area contributed by atoms with Gasteiger partial charge in [-0.3, -0.25) is 14.7 Å². The number of rotatable bonds is 6. The Hall–Kier alpha value is -3.91. The normalized spacial score (nSPS) is 12.4. The van der Waals surface area contributed by atoms with E-state index < -0.39 is 0 Å². The van der Waals surface area contributed by atoms with Crippen LogP contribution < -0.4 is 19.1 Å². The van der Waals surface area contributed by atoms with Crippen LogP contribution in [0.1, 0.15) is 11.3 Å². The van der Waals surface area contributed by atoms with Crippen LogP contribution in [0.3, 0.4) is 0 Å². The summed E-state index contributed by atoms with van der Waals surface area (Å²) >= 11 is 1.44. The SMILES string of the molecule is COc1ccc2nc(N(Cc3ccccn3)C(=O)/C=C/c3ccc4c(c3)OCO4)sc2c1. The zero-order valence-corrected chi connectivity index (χ0v) is 18.0. The molecule has 3 heterocycles. The van der Waals surface area contributed by atoms with E-state index in [-0.39, 0.29) is 12.7 Å². The van der Waals surface area contributed by atoms with Crippen LogP contribution in [0.2, 0.25) is 0 Å². The standard InChI is InChI=1S/C24H19N3O4S/c1-29-18-7-8-19-22(13-18)32-24(26-19)27(14-17-4-2-3-11-25-17)23(28)10-6-16-5-9-20-21(12-16)31-15-30-20/h2-13H,14-15H2,1H3/b10-6+. The topological polar surface area (TPSA) is 73.8 Å². The van der Waals surface area contributed by atoms with Gasteiger partial charge in [-0.25, -0.2) is 4.98 Å². The molecular weight excluding hydrogens is 426 g/mol. The van der Waals surface area contributed by atoms with Crippen molar-refractivity contribution in [2.24, 2.45) is 0 Å². The van der Waals surface area contributed by atoms with Crippen LogP contribution in [0, 0.1) is 0 Å². The van der Waals surface area contributed by atoms with Gasteiger partial charge < -0.3 is 14.2 Å². The molecule has 2 aromatic heterocycles. The van der Waals surface area contributed by atoms with Crippen molar-refractivity contribution in [3.05, 3.63) is 78.1 Å². The lowest BCUT2D eigenvalue weighted by atomic mass is 10.2. The molecule has 0 unspecified atom stereocenters. The number of ether oxygens (including phenoxy) is 3. The molecule has 0 saturated heterocycles. The van der Waals surface area contributed by atoms with Crippen molar-refractivity contribution in [1.29, 1.82) is 0 Å². The highest BCUT2D eigenvalue weighted by Gasteiger charge is 2.19. The molecule has 0 N–H and O–H groups in total. The van der Waals surface area contributed by atoms with Crippen LogP contribution in [0.4, 0.5) is 5.13 Å². The van der Waals surface area contributed by atoms with Gasteiger partial charge in [0.25, 0.3) is 5.91 Å². The first kappa shape index (κ1) is 20.0. The molecule has 2 aromatic carbocycles. The molecule has 0 bridgehead atoms. The van der Waals surface area contributed by atoms with Crippen molar-refractivity contribution in [3.63, 3.8) is 0 Å². The van der Waals surface area contributed by atoms with Gasteiger partial charge in [0.05, 0.1) is 29.6 Å². The molecular formula is C24H19N3O4S. The predicted octanol–water partition coefficient (Wildman–Crippen LogP) is 4.68. The van der Waals surface area contributed by atoms with Gasteiger partial charge in [-0.1, -0.05) is 23.5 Å². The van der Waals surface area contributed by atoms with Gasteiger partial charge in [0.1, 0.15) is 5.75 Å². The zero-order chi connectivity index (χ0) is 21.9. The highest BCUT2D eigenvalue weighted by molar-refractivity contribution is 7.22. The minimum atomic E-state index is -0.195. The highest BCUT2D eigenvalue weighted by atomic mass is 32.1. The van der Waals surface area contributed by atoms with Crippen LogP contribution in [-0.2, 0) is 11.3 Å². The van der Waals surface area contributed by atoms with E-state index in [2.05, 4.69) is 9.97 Å². The first-order chi connectivity index (χ1) is 15.7. The smallest absolute Gasteiger partial charge is 0.253 e. The zero-order valence-electron chi connectivity index (χ0n) is 17.2. The van der Waals surface area contributed by atoms with E-state index in [1.165, 1.54) is 17.4 Å². The summed E-state index contributed by atoms with van der Waals surface area (Å²) in [6, 6.07) is 16.9. The van der Waals surface area contributed by atoms with Crippen LogP contribution in [0.25, 0.3) is 16.3 Å². The van der Waals surface area contributed by atoms with Crippen molar-refractivity contribution >= 4 is 38.7 Å². The molecule has 0 atom stereocenters. The van der Waals surface area contributed by atoms with Gasteiger partial charge >= 0.3 is 0 Å². The summed E-state index contributed by atoms with van der Waals surface area (Å²) < 4.78 is 17.0. The number of fused-ring (bicyclic) bond motifs is 2. The summed E-state index contributed by atoms with van der Waals surface area (Å²) in [4.78, 5) is 23.9. The Morgan fingerprint density at radius 3 is 2.91 bits per heavy atom. The molecule has 0 saturated carbocycles. The van der Waals surface area contributed by atoms with Crippen molar-refractivity contribution in [2.45, 2.75) is 6.54 Å². The Bertz CT molecular complexity index is 1300. The maximum Gasteiger partial charge on any atom is 0.253 e. The summed E-state index contributed by atoms with van der Waals surface area (Å²) in [6.07, 6.45) is 5.00. The number of benzene rings is 2. The number of hydrogen-bond donors (Lipinski definition) is 0. The lowest BCUT2D eigenvalue weighted by molar-refractivity contribution is -0.114. The quantitative estimate of drug-likeness (QED) is 0.402. The van der Waals surface area contributed by atoms with Crippen molar-refractivity contribution in [1.82, 2.24) is 9.97 Å². The third-order valence-corrected chi connectivity index (χ3v) is 5.98. The fourth-order valence-corrected chi connectivity index (χ4v) is 4.30. The predicted molar refractivity (Wildman–Crippen MR) is 123 cm³/mol. The Morgan fingerprint density at radius 2 is 2.06 bits per heavy atom. The van der Waals surface area contributed by atoms with E-state index in [9.17, 15) is 4.79 Å². The van der Waals surface area contributed by atoms with Gasteiger partial charge in [-0.2, -0.15) is 0 Å². The van der Waals surface area contributed by atoms with E-state index in [1.54, 1.807) is 24.3 Å². The lowest BCUT2D eigenvalue weighted by Gasteiger charge is -2.17. The van der Waals surface area contributed by atoms with Crippen LogP contribution in [0.15, 0.2) is 66.9 Å². The summed E-state index contributed by atoms with van der Waals surface area (Å²) in [5, 5.41) is 0.597. The van der Waals surface area contributed by atoms with E-state index in [1.807, 2.05) is 54.6 Å². The fraction of sp³-hybridized carbons (Fsp3) is 0.125. The number of carbonyl (C=O) groups excluding carboxylic acids is 1. The van der Waals surface area contributed by atoms with Crippen LogP contribution in [0.5, 0.6) is 17.2 Å². The second kappa shape index (κ2) is 8.68. The lowest BCUT2D eigenvalue weighted by Crippen LogP contribution is -2.29. The van der Waals surface area contributed by atoms with Gasteiger partial charge in [-0.05, 0) is 54.1 Å². The molecule has 7 nitrogen and oxygen atoms in total. The maximum atomic E-state index is 13.3. The van der Waals surface area contributed by atoms with E-state index >= 15 is 0 Å². The summed E-state index contributed by atoms with van der Waals surface area (Å²) in [7, 11) is 1.63. The number of methoxy groups -OCH3 is 1. The number of thiazole rings is 1. The van der Waals surface area contributed by atoms with Crippen molar-refractivity contribution < 1.29 is 19.0 Å². The summed E-state index contributed by atoms with van der Waals surface area (Å²) in [5.74, 6) is 1.93. The number of nitrogens with zero attached hydrogens (tertiary/aromatic N) is 3. The highest BCUT2D eigenvalue weighted by Crippen LogP contribution is 2.34. The number of aromatic nitrogens is 2. The van der Waals surface area contributed by atoms with E-state index in [0.29, 0.717) is 23.2 Å². The Kier molecular flexibility index (Phi) is 5.43. The van der Waals surface area contributed by atoms with Gasteiger partial charge in [0, 0.05) is 12.3 Å². The first-order valence-corrected chi connectivity index (χ1v) is 10.7. The fourth-order valence-electron chi connectivity index (χ4n) is 3.30. The van der Waals surface area contributed by atoms with Crippen molar-refractivity contribution in [3.8, 4) is 17.2 Å². The molecule has 0 spiro atoms. The molecule has 5 rings (SSSR count). The second-order valence-corrected chi connectivity index (χ2v) is 8.03. The monoisotopic (exact) mass is 445 g/mol. The first-order valence-electron chi connectivity index (χ1n) is 9.93.